The molecule has 0 N–H and O–H groups in total. The van der Waals surface area contributed by atoms with E-state index in [-0.39, 0.29) is 11.5 Å². The summed E-state index contributed by atoms with van der Waals surface area (Å²) in [6, 6.07) is 9.97. The predicted octanol–water partition coefficient (Wildman–Crippen LogP) is 2.29. The normalized spacial score (nSPS) is 23.8. The largest absolute Gasteiger partial charge is 0.462 e. The second-order valence-electron chi connectivity index (χ2n) is 4.40. The first kappa shape index (κ1) is 11.9. The van der Waals surface area contributed by atoms with Gasteiger partial charge in [0.25, 0.3) is 0 Å². The molecule has 1 fully saturated rings. The zero-order valence-corrected chi connectivity index (χ0v) is 9.89. The Morgan fingerprint density at radius 2 is 2.24 bits per heavy atom. The number of carbonyl (C=O) groups is 1. The Bertz CT molecular complexity index is 407. The van der Waals surface area contributed by atoms with Crippen LogP contribution in [0.15, 0.2) is 43.0 Å². The molecule has 0 bridgehead atoms. The Labute approximate surface area is 101 Å². The minimum Gasteiger partial charge on any atom is -0.462 e. The first-order valence-electron chi connectivity index (χ1n) is 5.64. The van der Waals surface area contributed by atoms with Gasteiger partial charge in [0.1, 0.15) is 6.61 Å². The molecule has 3 nitrogen and oxygen atoms in total. The van der Waals surface area contributed by atoms with E-state index in [1.54, 1.807) is 0 Å². The Morgan fingerprint density at radius 1 is 1.59 bits per heavy atom. The third kappa shape index (κ3) is 2.74. The fourth-order valence-electron chi connectivity index (χ4n) is 1.85. The van der Waals surface area contributed by atoms with Crippen LogP contribution in [0.2, 0.25) is 0 Å². The highest BCUT2D eigenvalue weighted by Crippen LogP contribution is 2.41. The lowest BCUT2D eigenvalue weighted by molar-refractivity contribution is -0.138. The van der Waals surface area contributed by atoms with Gasteiger partial charge in [-0.05, 0) is 12.5 Å². The lowest BCUT2D eigenvalue weighted by Gasteiger charge is -2.20. The van der Waals surface area contributed by atoms with Gasteiger partial charge in [-0.2, -0.15) is 0 Å². The van der Waals surface area contributed by atoms with E-state index in [9.17, 15) is 4.79 Å². The van der Waals surface area contributed by atoms with Crippen molar-refractivity contribution in [3.63, 3.8) is 0 Å². The fraction of sp³-hybridized carbons (Fsp3) is 0.357. The first-order chi connectivity index (χ1) is 8.15. The molecule has 1 aliphatic heterocycles. The lowest BCUT2D eigenvalue weighted by atomic mass is 9.88. The van der Waals surface area contributed by atoms with Gasteiger partial charge in [0.2, 0.25) is 0 Å². The van der Waals surface area contributed by atoms with Crippen LogP contribution in [0.4, 0.5) is 0 Å². The third-order valence-corrected chi connectivity index (χ3v) is 3.10. The van der Waals surface area contributed by atoms with Gasteiger partial charge in [-0.15, -0.1) is 0 Å². The summed E-state index contributed by atoms with van der Waals surface area (Å²) in [7, 11) is 0. The molecule has 1 saturated heterocycles. The molecular formula is C14H16O3. The number of hydrogen-bond donors (Lipinski definition) is 0. The predicted molar refractivity (Wildman–Crippen MR) is 64.7 cm³/mol. The monoisotopic (exact) mass is 232 g/mol. The number of hydrogen-bond acceptors (Lipinski definition) is 3. The average Bonchev–Trinajstić information content (AvgIpc) is 3.09. The number of esters is 1. The highest BCUT2D eigenvalue weighted by atomic mass is 16.6. The Hall–Kier alpha value is -1.61. The second kappa shape index (κ2) is 4.72. The van der Waals surface area contributed by atoms with Crippen molar-refractivity contribution in [2.24, 2.45) is 0 Å². The van der Waals surface area contributed by atoms with Gasteiger partial charge in [-0.3, -0.25) is 0 Å². The zero-order chi connectivity index (χ0) is 12.3. The number of benzene rings is 1. The van der Waals surface area contributed by atoms with Crippen molar-refractivity contribution in [2.45, 2.75) is 18.4 Å². The van der Waals surface area contributed by atoms with E-state index in [0.29, 0.717) is 13.2 Å². The van der Waals surface area contributed by atoms with Crippen LogP contribution in [0.5, 0.6) is 0 Å². The summed E-state index contributed by atoms with van der Waals surface area (Å²) in [6.07, 6.45) is 1.18. The molecule has 2 rings (SSSR count). The van der Waals surface area contributed by atoms with Crippen molar-refractivity contribution in [3.8, 4) is 0 Å². The van der Waals surface area contributed by atoms with Crippen LogP contribution < -0.4 is 0 Å². The van der Waals surface area contributed by atoms with E-state index in [0.717, 1.165) is 5.56 Å². The molecule has 0 saturated carbocycles. The van der Waals surface area contributed by atoms with Gasteiger partial charge < -0.3 is 9.47 Å². The number of rotatable bonds is 5. The van der Waals surface area contributed by atoms with Gasteiger partial charge in [0.05, 0.1) is 12.2 Å². The molecule has 2 unspecified atom stereocenters. The summed E-state index contributed by atoms with van der Waals surface area (Å²) in [5.41, 5.74) is 0.923. The van der Waals surface area contributed by atoms with E-state index in [2.05, 4.69) is 6.58 Å². The van der Waals surface area contributed by atoms with Crippen LogP contribution in [0, 0.1) is 0 Å². The molecule has 90 valence electrons. The molecule has 0 aromatic heterocycles. The Morgan fingerprint density at radius 3 is 2.76 bits per heavy atom. The van der Waals surface area contributed by atoms with Crippen molar-refractivity contribution < 1.29 is 14.3 Å². The van der Waals surface area contributed by atoms with Crippen LogP contribution in [-0.2, 0) is 14.3 Å². The second-order valence-corrected chi connectivity index (χ2v) is 4.40. The SMILES string of the molecule is C=CC(=O)OCC(c1ccccc1)C1(C)CO1. The van der Waals surface area contributed by atoms with Crippen molar-refractivity contribution in [2.75, 3.05) is 13.2 Å². The van der Waals surface area contributed by atoms with Crippen LogP contribution in [-0.4, -0.2) is 24.8 Å². The van der Waals surface area contributed by atoms with E-state index in [4.69, 9.17) is 9.47 Å². The van der Waals surface area contributed by atoms with E-state index < -0.39 is 5.97 Å². The number of epoxide rings is 1. The van der Waals surface area contributed by atoms with Gasteiger partial charge in [0, 0.05) is 12.0 Å². The fourth-order valence-corrected chi connectivity index (χ4v) is 1.85. The molecule has 0 spiro atoms. The Balaban J connectivity index is 2.10. The van der Waals surface area contributed by atoms with Gasteiger partial charge in [0.15, 0.2) is 0 Å². The molecule has 2 atom stereocenters. The van der Waals surface area contributed by atoms with Crippen molar-refractivity contribution >= 4 is 5.97 Å². The van der Waals surface area contributed by atoms with Crippen LogP contribution in [0.3, 0.4) is 0 Å². The first-order valence-corrected chi connectivity index (χ1v) is 5.64. The minimum absolute atomic E-state index is 0.0765. The molecule has 3 heteroatoms. The molecule has 1 aromatic rings. The lowest BCUT2D eigenvalue weighted by Crippen LogP contribution is -2.24. The third-order valence-electron chi connectivity index (χ3n) is 3.10. The maximum Gasteiger partial charge on any atom is 0.330 e. The summed E-state index contributed by atoms with van der Waals surface area (Å²) < 4.78 is 10.6. The van der Waals surface area contributed by atoms with Gasteiger partial charge in [-0.1, -0.05) is 36.9 Å². The highest BCUT2D eigenvalue weighted by molar-refractivity contribution is 5.81. The molecular weight excluding hydrogens is 216 g/mol. The number of ether oxygens (including phenoxy) is 2. The maximum absolute atomic E-state index is 11.1. The summed E-state index contributed by atoms with van der Waals surface area (Å²) in [5.74, 6) is -0.317. The molecule has 0 amide bonds. The highest BCUT2D eigenvalue weighted by Gasteiger charge is 2.48. The smallest absolute Gasteiger partial charge is 0.330 e. The van der Waals surface area contributed by atoms with Crippen molar-refractivity contribution in [3.05, 3.63) is 48.6 Å². The van der Waals surface area contributed by atoms with E-state index in [1.807, 2.05) is 37.3 Å². The standard InChI is InChI=1S/C14H16O3/c1-3-13(15)16-9-12(14(2)10-17-14)11-7-5-4-6-8-11/h3-8,12H,1,9-10H2,2H3. The van der Waals surface area contributed by atoms with Crippen LogP contribution >= 0.6 is 0 Å². The van der Waals surface area contributed by atoms with Gasteiger partial charge >= 0.3 is 5.97 Å². The molecule has 17 heavy (non-hydrogen) atoms. The summed E-state index contributed by atoms with van der Waals surface area (Å²) in [4.78, 5) is 11.1. The molecule has 1 aromatic carbocycles. The van der Waals surface area contributed by atoms with Gasteiger partial charge in [-0.25, -0.2) is 4.79 Å². The number of carbonyl (C=O) groups excluding carboxylic acids is 1. The molecule has 0 radical (unpaired) electrons. The minimum atomic E-state index is -0.393. The Kier molecular flexibility index (Phi) is 3.29. The van der Waals surface area contributed by atoms with E-state index >= 15 is 0 Å². The quantitative estimate of drug-likeness (QED) is 0.444. The average molecular weight is 232 g/mol. The van der Waals surface area contributed by atoms with E-state index in [1.165, 1.54) is 6.08 Å². The summed E-state index contributed by atoms with van der Waals surface area (Å²) in [5, 5.41) is 0. The summed E-state index contributed by atoms with van der Waals surface area (Å²) in [6.45, 7) is 6.45. The van der Waals surface area contributed by atoms with Crippen LogP contribution in [0.25, 0.3) is 0 Å². The zero-order valence-electron chi connectivity index (χ0n) is 9.89. The topological polar surface area (TPSA) is 38.8 Å². The molecule has 0 aliphatic carbocycles. The van der Waals surface area contributed by atoms with Crippen LogP contribution in [0.1, 0.15) is 18.4 Å². The van der Waals surface area contributed by atoms with Crippen molar-refractivity contribution in [1.82, 2.24) is 0 Å². The molecule has 1 aliphatic rings. The van der Waals surface area contributed by atoms with Crippen molar-refractivity contribution in [1.29, 1.82) is 0 Å². The molecule has 1 heterocycles. The maximum atomic E-state index is 11.1. The summed E-state index contributed by atoms with van der Waals surface area (Å²) >= 11 is 0.